The molecule has 122 valence electrons. The molecular weight excluding hydrogens is 312 g/mol. The van der Waals surface area contributed by atoms with Crippen LogP contribution in [-0.2, 0) is 11.2 Å². The van der Waals surface area contributed by atoms with Gasteiger partial charge in [-0.25, -0.2) is 9.56 Å². The van der Waals surface area contributed by atoms with Gasteiger partial charge < -0.3 is 4.74 Å². The molecule has 0 radical (unpaired) electrons. The number of nitrogens with zero attached hydrogens (tertiary/aromatic N) is 2. The Kier molecular flexibility index (Phi) is 5.87. The van der Waals surface area contributed by atoms with Crippen LogP contribution in [0, 0.1) is 0 Å². The number of hydrogen-bond acceptors (Lipinski definition) is 5. The first kappa shape index (κ1) is 17.1. The van der Waals surface area contributed by atoms with Gasteiger partial charge in [-0.05, 0) is 18.6 Å². The van der Waals surface area contributed by atoms with E-state index >= 15 is 0 Å². The molecule has 1 heterocycles. The van der Waals surface area contributed by atoms with Crippen LogP contribution in [0.25, 0.3) is 0 Å². The number of carbonyl (C=O) groups excluding carboxylic acids is 2. The van der Waals surface area contributed by atoms with E-state index in [1.165, 1.54) is 15.9 Å². The van der Waals surface area contributed by atoms with E-state index < -0.39 is 0 Å². The molecule has 2 rings (SSSR count). The highest BCUT2D eigenvalue weighted by Gasteiger charge is 2.20. The summed E-state index contributed by atoms with van der Waals surface area (Å²) in [5.41, 5.74) is 0.752. The second-order valence-corrected chi connectivity index (χ2v) is 5.89. The molecule has 0 aliphatic rings. The lowest BCUT2D eigenvalue weighted by Gasteiger charge is -2.08. The second kappa shape index (κ2) is 7.87. The van der Waals surface area contributed by atoms with Gasteiger partial charge >= 0.3 is 5.97 Å². The van der Waals surface area contributed by atoms with Gasteiger partial charge in [-0.15, -0.1) is 0 Å². The third-order valence-electron chi connectivity index (χ3n) is 3.20. The van der Waals surface area contributed by atoms with Gasteiger partial charge in [0.2, 0.25) is 11.8 Å². The van der Waals surface area contributed by atoms with Gasteiger partial charge in [0.05, 0.1) is 10.6 Å². The molecule has 0 fully saturated rings. The van der Waals surface area contributed by atoms with Crippen LogP contribution in [0.2, 0.25) is 0 Å². The Morgan fingerprint density at radius 2 is 1.83 bits per heavy atom. The topological polar surface area (TPSA) is 60.7 Å². The number of carbonyl (C=O) groups is 2. The molecule has 0 amide bonds. The Labute approximate surface area is 139 Å². The fourth-order valence-electron chi connectivity index (χ4n) is 1.98. The second-order valence-electron chi connectivity index (χ2n) is 4.82. The Bertz CT molecular complexity index is 760. The third-order valence-corrected chi connectivity index (χ3v) is 4.37. The molecule has 0 saturated heterocycles. The Morgan fingerprint density at radius 3 is 2.39 bits per heavy atom. The normalized spacial score (nSPS) is 11.5. The van der Waals surface area contributed by atoms with E-state index in [1.807, 2.05) is 37.3 Å². The van der Waals surface area contributed by atoms with Crippen molar-refractivity contribution in [2.45, 2.75) is 40.0 Å². The standard InChI is InChI=1S/C17H20N2O3S/c1-4-13-16(22-15(21)6-3)19(14(20)5-2)17(23-13)18-12-10-8-7-9-11-12/h7-11H,4-6H2,1-3H3. The minimum Gasteiger partial charge on any atom is -0.408 e. The van der Waals surface area contributed by atoms with Gasteiger partial charge in [0.25, 0.3) is 0 Å². The number of benzene rings is 1. The van der Waals surface area contributed by atoms with Crippen LogP contribution in [-0.4, -0.2) is 16.4 Å². The molecule has 0 aliphatic carbocycles. The van der Waals surface area contributed by atoms with E-state index in [2.05, 4.69) is 4.99 Å². The predicted molar refractivity (Wildman–Crippen MR) is 90.2 cm³/mol. The summed E-state index contributed by atoms with van der Waals surface area (Å²) in [7, 11) is 0. The quantitative estimate of drug-likeness (QED) is 0.784. The molecule has 6 heteroatoms. The van der Waals surface area contributed by atoms with Crippen LogP contribution < -0.4 is 9.54 Å². The van der Waals surface area contributed by atoms with Crippen LogP contribution in [0.3, 0.4) is 0 Å². The highest BCUT2D eigenvalue weighted by Crippen LogP contribution is 2.24. The summed E-state index contributed by atoms with van der Waals surface area (Å²) in [5, 5.41) is 0. The SMILES string of the molecule is CCC(=O)Oc1c(CC)sc(=Nc2ccccc2)n1C(=O)CC. The maximum atomic E-state index is 12.4. The molecule has 0 aliphatic heterocycles. The van der Waals surface area contributed by atoms with Gasteiger partial charge in [-0.3, -0.25) is 9.59 Å². The fourth-order valence-corrected chi connectivity index (χ4v) is 2.99. The van der Waals surface area contributed by atoms with Crippen molar-refractivity contribution < 1.29 is 14.3 Å². The lowest BCUT2D eigenvalue weighted by molar-refractivity contribution is -0.134. The summed E-state index contributed by atoms with van der Waals surface area (Å²) in [4.78, 5) is 30.0. The van der Waals surface area contributed by atoms with Crippen molar-refractivity contribution in [3.05, 3.63) is 40.0 Å². The molecule has 0 saturated carbocycles. The van der Waals surface area contributed by atoms with Crippen LogP contribution in [0.4, 0.5) is 5.69 Å². The van der Waals surface area contributed by atoms with E-state index in [0.29, 0.717) is 23.5 Å². The third kappa shape index (κ3) is 3.96. The number of para-hydroxylation sites is 1. The van der Waals surface area contributed by atoms with Crippen LogP contribution in [0.5, 0.6) is 5.88 Å². The van der Waals surface area contributed by atoms with E-state index in [4.69, 9.17) is 4.74 Å². The molecule has 2 aromatic rings. The van der Waals surface area contributed by atoms with Crippen molar-refractivity contribution in [2.24, 2.45) is 4.99 Å². The highest BCUT2D eigenvalue weighted by molar-refractivity contribution is 7.09. The Morgan fingerprint density at radius 1 is 1.13 bits per heavy atom. The van der Waals surface area contributed by atoms with Gasteiger partial charge in [0, 0.05) is 12.8 Å². The maximum absolute atomic E-state index is 12.4. The van der Waals surface area contributed by atoms with Gasteiger partial charge in [0.15, 0.2) is 4.80 Å². The summed E-state index contributed by atoms with van der Waals surface area (Å²) in [6.45, 7) is 5.46. The van der Waals surface area contributed by atoms with Crippen molar-refractivity contribution >= 4 is 28.9 Å². The van der Waals surface area contributed by atoms with E-state index in [9.17, 15) is 9.59 Å². The van der Waals surface area contributed by atoms with Gasteiger partial charge in [-0.2, -0.15) is 0 Å². The first-order valence-corrected chi connectivity index (χ1v) is 8.50. The van der Waals surface area contributed by atoms with Crippen molar-refractivity contribution in [3.8, 4) is 5.88 Å². The minimum atomic E-state index is -0.360. The minimum absolute atomic E-state index is 0.144. The van der Waals surface area contributed by atoms with Gasteiger partial charge in [-0.1, -0.05) is 50.3 Å². The molecule has 0 unspecified atom stereocenters. The molecule has 0 spiro atoms. The van der Waals surface area contributed by atoms with Crippen molar-refractivity contribution in [3.63, 3.8) is 0 Å². The Balaban J connectivity index is 2.64. The monoisotopic (exact) mass is 332 g/mol. The molecule has 0 atom stereocenters. The number of ether oxygens (including phenoxy) is 1. The first-order valence-electron chi connectivity index (χ1n) is 7.69. The predicted octanol–water partition coefficient (Wildman–Crippen LogP) is 3.71. The lowest BCUT2D eigenvalue weighted by Crippen LogP contribution is -2.24. The zero-order chi connectivity index (χ0) is 16.8. The van der Waals surface area contributed by atoms with E-state index in [-0.39, 0.29) is 18.3 Å². The molecular formula is C17H20N2O3S. The van der Waals surface area contributed by atoms with Crippen molar-refractivity contribution in [2.75, 3.05) is 0 Å². The first-order chi connectivity index (χ1) is 11.1. The summed E-state index contributed by atoms with van der Waals surface area (Å²) in [5.74, 6) is -0.193. The number of aromatic nitrogens is 1. The highest BCUT2D eigenvalue weighted by atomic mass is 32.1. The smallest absolute Gasteiger partial charge is 0.312 e. The average molecular weight is 332 g/mol. The zero-order valence-corrected chi connectivity index (χ0v) is 14.4. The van der Waals surface area contributed by atoms with Crippen molar-refractivity contribution in [1.82, 2.24) is 4.57 Å². The van der Waals surface area contributed by atoms with Crippen LogP contribution in [0.15, 0.2) is 35.3 Å². The molecule has 0 bridgehead atoms. The molecule has 1 aromatic heterocycles. The summed E-state index contributed by atoms with van der Waals surface area (Å²) >= 11 is 1.38. The molecule has 0 N–H and O–H groups in total. The summed E-state index contributed by atoms with van der Waals surface area (Å²) < 4.78 is 6.83. The van der Waals surface area contributed by atoms with Crippen molar-refractivity contribution in [1.29, 1.82) is 0 Å². The van der Waals surface area contributed by atoms with E-state index in [1.54, 1.807) is 13.8 Å². The number of hydrogen-bond donors (Lipinski definition) is 0. The largest absolute Gasteiger partial charge is 0.408 e. The molecule has 1 aromatic carbocycles. The number of aryl methyl sites for hydroxylation is 1. The average Bonchev–Trinajstić information content (AvgIpc) is 2.92. The van der Waals surface area contributed by atoms with E-state index in [0.717, 1.165) is 10.6 Å². The lowest BCUT2D eigenvalue weighted by atomic mass is 10.3. The fraction of sp³-hybridized carbons (Fsp3) is 0.353. The number of thiazole rings is 1. The number of esters is 1. The van der Waals surface area contributed by atoms with Crippen LogP contribution >= 0.6 is 11.3 Å². The number of rotatable bonds is 5. The molecule has 23 heavy (non-hydrogen) atoms. The van der Waals surface area contributed by atoms with Gasteiger partial charge in [0.1, 0.15) is 0 Å². The Hall–Kier alpha value is -2.21. The maximum Gasteiger partial charge on any atom is 0.312 e. The summed E-state index contributed by atoms with van der Waals surface area (Å²) in [6.07, 6.45) is 1.22. The molecule has 5 nitrogen and oxygen atoms in total. The van der Waals surface area contributed by atoms with Crippen LogP contribution in [0.1, 0.15) is 43.3 Å². The summed E-state index contributed by atoms with van der Waals surface area (Å²) in [6, 6.07) is 9.41. The zero-order valence-electron chi connectivity index (χ0n) is 13.5.